The van der Waals surface area contributed by atoms with Crippen LogP contribution in [0.1, 0.15) is 12.0 Å². The molecule has 1 fully saturated rings. The van der Waals surface area contributed by atoms with Crippen molar-refractivity contribution in [2.24, 2.45) is 5.92 Å². The van der Waals surface area contributed by atoms with Crippen molar-refractivity contribution < 1.29 is 9.18 Å². The van der Waals surface area contributed by atoms with Crippen LogP contribution in [0.5, 0.6) is 0 Å². The average molecular weight is 349 g/mol. The fourth-order valence-corrected chi connectivity index (χ4v) is 3.30. The molecular weight excluding hydrogens is 333 g/mol. The second kappa shape index (κ2) is 5.39. The number of H-pyrrole nitrogens is 1. The van der Waals surface area contributed by atoms with Crippen molar-refractivity contribution in [3.8, 4) is 11.1 Å². The van der Waals surface area contributed by atoms with Crippen LogP contribution >= 0.6 is 0 Å². The van der Waals surface area contributed by atoms with Crippen LogP contribution in [0.4, 0.5) is 10.2 Å². The third kappa shape index (κ3) is 2.35. The van der Waals surface area contributed by atoms with Gasteiger partial charge < -0.3 is 14.7 Å². The molecule has 2 unspecified atom stereocenters. The van der Waals surface area contributed by atoms with Crippen molar-refractivity contribution in [3.05, 3.63) is 48.5 Å². The summed E-state index contributed by atoms with van der Waals surface area (Å²) < 4.78 is 14.9. The Morgan fingerprint density at radius 3 is 3.00 bits per heavy atom. The highest BCUT2D eigenvalue weighted by Crippen LogP contribution is 2.34. The average Bonchev–Trinajstić information content (AvgIpc) is 3.03. The van der Waals surface area contributed by atoms with Crippen LogP contribution in [0.15, 0.2) is 43.0 Å². The highest BCUT2D eigenvalue weighted by Gasteiger charge is 2.43. The molecule has 7 heteroatoms. The minimum absolute atomic E-state index is 0.303. The van der Waals surface area contributed by atoms with Gasteiger partial charge in [-0.2, -0.15) is 0 Å². The van der Waals surface area contributed by atoms with Gasteiger partial charge in [-0.1, -0.05) is 0 Å². The number of alkyl halides is 1. The third-order valence-corrected chi connectivity index (χ3v) is 4.92. The third-order valence-electron chi connectivity index (χ3n) is 4.92. The smallest absolute Gasteiger partial charge is 0.231 e. The van der Waals surface area contributed by atoms with E-state index in [1.165, 1.54) is 0 Å². The molecule has 26 heavy (non-hydrogen) atoms. The van der Waals surface area contributed by atoms with Crippen LogP contribution in [0.3, 0.4) is 0 Å². The largest absolute Gasteiger partial charge is 0.346 e. The number of nitrogens with one attached hydrogen (secondary N) is 2. The number of amides is 1. The number of hydrogen-bond acceptors (Lipinski definition) is 3. The van der Waals surface area contributed by atoms with Crippen molar-refractivity contribution in [1.29, 1.82) is 0 Å². The zero-order valence-corrected chi connectivity index (χ0v) is 14.0. The Balaban J connectivity index is 1.50. The maximum atomic E-state index is 13.0. The number of carbonyl (C=O) groups excluding carboxylic acids is 1. The van der Waals surface area contributed by atoms with Crippen LogP contribution in [-0.2, 0) is 4.79 Å². The van der Waals surface area contributed by atoms with Crippen molar-refractivity contribution in [1.82, 2.24) is 19.4 Å². The number of aromatic amines is 1. The Bertz CT molecular complexity index is 1160. The number of nitrogens with zero attached hydrogens (tertiary/aromatic N) is 3. The molecular formula is C19H16FN5O. The summed E-state index contributed by atoms with van der Waals surface area (Å²) in [6, 6.07) is 5.89. The van der Waals surface area contributed by atoms with E-state index in [2.05, 4.69) is 27.2 Å². The van der Waals surface area contributed by atoms with E-state index in [0.717, 1.165) is 27.7 Å². The van der Waals surface area contributed by atoms with E-state index in [1.54, 1.807) is 6.20 Å². The summed E-state index contributed by atoms with van der Waals surface area (Å²) in [6.07, 6.45) is 6.71. The van der Waals surface area contributed by atoms with Gasteiger partial charge in [0.1, 0.15) is 17.5 Å². The first-order chi connectivity index (χ1) is 12.6. The predicted molar refractivity (Wildman–Crippen MR) is 96.6 cm³/mol. The first kappa shape index (κ1) is 15.1. The molecule has 1 aliphatic rings. The number of imidazole rings is 1. The summed E-state index contributed by atoms with van der Waals surface area (Å²) in [5, 5.41) is 3.78. The van der Waals surface area contributed by atoms with E-state index in [1.807, 2.05) is 41.2 Å². The molecule has 4 heterocycles. The molecule has 5 rings (SSSR count). The molecule has 6 nitrogen and oxygen atoms in total. The molecule has 0 saturated heterocycles. The molecule has 130 valence electrons. The number of rotatable bonds is 3. The lowest BCUT2D eigenvalue weighted by atomic mass is 10.0. The summed E-state index contributed by atoms with van der Waals surface area (Å²) in [5.74, 6) is -0.404. The van der Waals surface area contributed by atoms with E-state index < -0.39 is 12.1 Å². The molecule has 0 spiro atoms. The maximum absolute atomic E-state index is 13.0. The standard InChI is InChI=1S/C19H16FN5O/c1-10-12-4-5-21-18(12)22-7-14(10)11-2-3-17-23-16(9-25(17)8-11)24-19(26)13-6-15(13)20/h2-5,7-9,13,15H,6H2,1H3,(H,21,22)(H,24,26). The van der Waals surface area contributed by atoms with Gasteiger partial charge in [-0.15, -0.1) is 0 Å². The maximum Gasteiger partial charge on any atom is 0.231 e. The minimum atomic E-state index is -1.02. The number of carbonyl (C=O) groups is 1. The predicted octanol–water partition coefficient (Wildman–Crippen LogP) is 3.48. The SMILES string of the molecule is Cc1c(-c2ccc3nc(NC(=O)C4CC4F)cn3c2)cnc2[nH]ccc12. The molecule has 1 amide bonds. The molecule has 1 aliphatic carbocycles. The minimum Gasteiger partial charge on any atom is -0.346 e. The summed E-state index contributed by atoms with van der Waals surface area (Å²) in [5.41, 5.74) is 4.77. The van der Waals surface area contributed by atoms with Crippen LogP contribution < -0.4 is 5.32 Å². The zero-order chi connectivity index (χ0) is 17.8. The molecule has 0 aromatic carbocycles. The monoisotopic (exact) mass is 349 g/mol. The van der Waals surface area contributed by atoms with Gasteiger partial charge in [-0.3, -0.25) is 4.79 Å². The van der Waals surface area contributed by atoms with Crippen LogP contribution in [0, 0.1) is 12.8 Å². The summed E-state index contributed by atoms with van der Waals surface area (Å²) in [7, 11) is 0. The normalized spacial score (nSPS) is 19.2. The number of halogens is 1. The highest BCUT2D eigenvalue weighted by molar-refractivity contribution is 5.94. The van der Waals surface area contributed by atoms with E-state index in [0.29, 0.717) is 17.9 Å². The Labute approximate surface area is 148 Å². The molecule has 4 aromatic heterocycles. The van der Waals surface area contributed by atoms with Gasteiger partial charge in [0.05, 0.1) is 12.1 Å². The Morgan fingerprint density at radius 2 is 2.19 bits per heavy atom. The molecule has 0 radical (unpaired) electrons. The number of aryl methyl sites for hydroxylation is 1. The Hall–Kier alpha value is -3.22. The molecule has 0 aliphatic heterocycles. The van der Waals surface area contributed by atoms with E-state index >= 15 is 0 Å². The topological polar surface area (TPSA) is 75.1 Å². The van der Waals surface area contributed by atoms with Gasteiger partial charge in [0, 0.05) is 35.1 Å². The first-order valence-electron chi connectivity index (χ1n) is 8.47. The Kier molecular flexibility index (Phi) is 3.12. The van der Waals surface area contributed by atoms with E-state index in [9.17, 15) is 9.18 Å². The second-order valence-electron chi connectivity index (χ2n) is 6.69. The van der Waals surface area contributed by atoms with Crippen molar-refractivity contribution in [2.45, 2.75) is 19.5 Å². The fraction of sp³-hybridized carbons (Fsp3) is 0.211. The summed E-state index contributed by atoms with van der Waals surface area (Å²) in [4.78, 5) is 23.8. The number of anilines is 1. The number of aromatic nitrogens is 4. The quantitative estimate of drug-likeness (QED) is 0.595. The van der Waals surface area contributed by atoms with Crippen molar-refractivity contribution >= 4 is 28.4 Å². The van der Waals surface area contributed by atoms with E-state index in [-0.39, 0.29) is 5.91 Å². The lowest BCUT2D eigenvalue weighted by Gasteiger charge is -2.07. The van der Waals surface area contributed by atoms with Crippen LogP contribution in [0.25, 0.3) is 27.8 Å². The van der Waals surface area contributed by atoms with E-state index in [4.69, 9.17) is 0 Å². The number of hydrogen-bond donors (Lipinski definition) is 2. The lowest BCUT2D eigenvalue weighted by Crippen LogP contribution is -2.15. The van der Waals surface area contributed by atoms with Gasteiger partial charge in [0.15, 0.2) is 5.82 Å². The first-order valence-corrected chi connectivity index (χ1v) is 8.47. The Morgan fingerprint density at radius 1 is 1.35 bits per heavy atom. The van der Waals surface area contributed by atoms with Crippen LogP contribution in [0.2, 0.25) is 0 Å². The number of fused-ring (bicyclic) bond motifs is 2. The van der Waals surface area contributed by atoms with Crippen molar-refractivity contribution in [2.75, 3.05) is 5.32 Å². The van der Waals surface area contributed by atoms with Gasteiger partial charge in [-0.05, 0) is 37.1 Å². The molecule has 1 saturated carbocycles. The van der Waals surface area contributed by atoms with Gasteiger partial charge in [0.25, 0.3) is 0 Å². The second-order valence-corrected chi connectivity index (χ2v) is 6.69. The lowest BCUT2D eigenvalue weighted by molar-refractivity contribution is -0.117. The van der Waals surface area contributed by atoms with Crippen molar-refractivity contribution in [3.63, 3.8) is 0 Å². The van der Waals surface area contributed by atoms with Crippen LogP contribution in [-0.4, -0.2) is 31.4 Å². The molecule has 0 bridgehead atoms. The van der Waals surface area contributed by atoms with Gasteiger partial charge in [0.2, 0.25) is 5.91 Å². The zero-order valence-electron chi connectivity index (χ0n) is 14.0. The number of pyridine rings is 2. The van der Waals surface area contributed by atoms with Gasteiger partial charge in [-0.25, -0.2) is 14.4 Å². The molecule has 4 aromatic rings. The summed E-state index contributed by atoms with van der Waals surface area (Å²) >= 11 is 0. The van der Waals surface area contributed by atoms with Gasteiger partial charge >= 0.3 is 0 Å². The fourth-order valence-electron chi connectivity index (χ4n) is 3.30. The molecule has 2 atom stereocenters. The summed E-state index contributed by atoms with van der Waals surface area (Å²) in [6.45, 7) is 2.07. The molecule has 2 N–H and O–H groups in total. The highest BCUT2D eigenvalue weighted by atomic mass is 19.1.